The van der Waals surface area contributed by atoms with Gasteiger partial charge in [0.1, 0.15) is 0 Å². The van der Waals surface area contributed by atoms with Crippen molar-refractivity contribution < 1.29 is 4.79 Å². The SMILES string of the molecule is CN(Cc1cccs1)C(=O)CSc1nn(-c2ccccc2)c(=S)s1. The van der Waals surface area contributed by atoms with Gasteiger partial charge in [0, 0.05) is 11.9 Å². The standard InChI is InChI=1S/C16H15N3OS4/c1-18(10-13-8-5-9-22-13)14(20)11-23-15-17-19(16(21)24-15)12-6-3-2-4-7-12/h2-9H,10-11H2,1H3. The third kappa shape index (κ3) is 4.32. The largest absolute Gasteiger partial charge is 0.340 e. The Balaban J connectivity index is 1.61. The Kier molecular flexibility index (Phi) is 5.83. The lowest BCUT2D eigenvalue weighted by Crippen LogP contribution is -2.27. The van der Waals surface area contributed by atoms with E-state index >= 15 is 0 Å². The number of thiophene rings is 1. The van der Waals surface area contributed by atoms with Crippen molar-refractivity contribution in [1.29, 1.82) is 0 Å². The zero-order valence-corrected chi connectivity index (χ0v) is 16.2. The molecule has 0 unspecified atom stereocenters. The molecule has 0 bridgehead atoms. The van der Waals surface area contributed by atoms with E-state index in [1.165, 1.54) is 28.0 Å². The molecule has 1 amide bonds. The molecule has 3 rings (SSSR count). The molecule has 3 aromatic rings. The van der Waals surface area contributed by atoms with Gasteiger partial charge in [-0.05, 0) is 35.8 Å². The molecule has 0 N–H and O–H groups in total. The van der Waals surface area contributed by atoms with Crippen LogP contribution in [0.5, 0.6) is 0 Å². The van der Waals surface area contributed by atoms with Crippen LogP contribution in [0.1, 0.15) is 4.88 Å². The van der Waals surface area contributed by atoms with Gasteiger partial charge in [0.25, 0.3) is 0 Å². The molecule has 0 aliphatic carbocycles. The second-order valence-corrected chi connectivity index (χ2v) is 8.88. The third-order valence-corrected chi connectivity index (χ3v) is 6.46. The molecule has 124 valence electrons. The molecule has 2 aromatic heterocycles. The number of para-hydroxylation sites is 1. The van der Waals surface area contributed by atoms with Crippen LogP contribution in [0.15, 0.2) is 52.2 Å². The average molecular weight is 394 g/mol. The van der Waals surface area contributed by atoms with Gasteiger partial charge < -0.3 is 4.90 Å². The number of carbonyl (C=O) groups excluding carboxylic acids is 1. The number of nitrogens with zero attached hydrogens (tertiary/aromatic N) is 3. The molecule has 4 nitrogen and oxygen atoms in total. The van der Waals surface area contributed by atoms with Crippen LogP contribution in [0, 0.1) is 3.95 Å². The third-order valence-electron chi connectivity index (χ3n) is 3.25. The Morgan fingerprint density at radius 2 is 2.08 bits per heavy atom. The van der Waals surface area contributed by atoms with E-state index in [1.54, 1.807) is 20.9 Å². The van der Waals surface area contributed by atoms with Crippen LogP contribution in [-0.4, -0.2) is 33.4 Å². The second-order valence-electron chi connectivity index (χ2n) is 5.00. The Morgan fingerprint density at radius 1 is 1.29 bits per heavy atom. The number of amides is 1. The number of hydrogen-bond donors (Lipinski definition) is 0. The van der Waals surface area contributed by atoms with Crippen molar-refractivity contribution in [1.82, 2.24) is 14.7 Å². The molecule has 2 heterocycles. The molecule has 0 spiro atoms. The Labute approximate surface area is 157 Å². The Morgan fingerprint density at radius 3 is 2.79 bits per heavy atom. The monoisotopic (exact) mass is 393 g/mol. The summed E-state index contributed by atoms with van der Waals surface area (Å²) in [4.78, 5) is 15.2. The van der Waals surface area contributed by atoms with Gasteiger partial charge in [0.15, 0.2) is 8.29 Å². The highest BCUT2D eigenvalue weighted by Gasteiger charge is 2.13. The van der Waals surface area contributed by atoms with E-state index < -0.39 is 0 Å². The number of aromatic nitrogens is 2. The van der Waals surface area contributed by atoms with Gasteiger partial charge >= 0.3 is 0 Å². The average Bonchev–Trinajstić information content (AvgIpc) is 3.23. The molecule has 8 heteroatoms. The fourth-order valence-corrected chi connectivity index (χ4v) is 5.07. The van der Waals surface area contributed by atoms with Crippen LogP contribution in [0.25, 0.3) is 5.69 Å². The fraction of sp³-hybridized carbons (Fsp3) is 0.188. The van der Waals surface area contributed by atoms with Gasteiger partial charge in [0.2, 0.25) is 5.91 Å². The number of carbonyl (C=O) groups is 1. The molecule has 0 saturated heterocycles. The van der Waals surface area contributed by atoms with Crippen molar-refractivity contribution in [3.8, 4) is 5.69 Å². The molecule has 0 aliphatic rings. The van der Waals surface area contributed by atoms with Crippen LogP contribution < -0.4 is 0 Å². The number of rotatable bonds is 6. The summed E-state index contributed by atoms with van der Waals surface area (Å²) in [6.45, 7) is 0.644. The van der Waals surface area contributed by atoms with Crippen LogP contribution in [-0.2, 0) is 11.3 Å². The smallest absolute Gasteiger partial charge is 0.233 e. The Bertz CT molecular complexity index is 855. The second kappa shape index (κ2) is 8.06. The van der Waals surface area contributed by atoms with Crippen molar-refractivity contribution in [3.05, 3.63) is 56.7 Å². The maximum Gasteiger partial charge on any atom is 0.233 e. The highest BCUT2D eigenvalue weighted by atomic mass is 32.2. The van der Waals surface area contributed by atoms with Crippen LogP contribution in [0.2, 0.25) is 0 Å². The summed E-state index contributed by atoms with van der Waals surface area (Å²) < 4.78 is 3.23. The Hall–Kier alpha value is -1.48. The zero-order chi connectivity index (χ0) is 16.9. The zero-order valence-electron chi connectivity index (χ0n) is 12.9. The number of benzene rings is 1. The molecular weight excluding hydrogens is 378 g/mol. The predicted octanol–water partition coefficient (Wildman–Crippen LogP) is 4.48. The molecule has 0 radical (unpaired) electrons. The molecule has 0 fully saturated rings. The van der Waals surface area contributed by atoms with Crippen molar-refractivity contribution in [2.45, 2.75) is 10.9 Å². The van der Waals surface area contributed by atoms with Crippen molar-refractivity contribution in [2.24, 2.45) is 0 Å². The van der Waals surface area contributed by atoms with Gasteiger partial charge in [-0.15, -0.1) is 16.4 Å². The normalized spacial score (nSPS) is 10.7. The lowest BCUT2D eigenvalue weighted by atomic mass is 10.3. The van der Waals surface area contributed by atoms with E-state index in [0.29, 0.717) is 16.3 Å². The lowest BCUT2D eigenvalue weighted by molar-refractivity contribution is -0.127. The molecule has 0 saturated carbocycles. The van der Waals surface area contributed by atoms with E-state index in [-0.39, 0.29) is 5.91 Å². The van der Waals surface area contributed by atoms with Crippen LogP contribution in [0.4, 0.5) is 0 Å². The maximum atomic E-state index is 12.3. The first kappa shape index (κ1) is 17.3. The quantitative estimate of drug-likeness (QED) is 0.457. The van der Waals surface area contributed by atoms with Gasteiger partial charge in [-0.25, -0.2) is 4.68 Å². The minimum atomic E-state index is 0.0841. The summed E-state index contributed by atoms with van der Waals surface area (Å²) in [5.41, 5.74) is 0.937. The van der Waals surface area contributed by atoms with E-state index in [2.05, 4.69) is 5.10 Å². The maximum absolute atomic E-state index is 12.3. The predicted molar refractivity (Wildman–Crippen MR) is 104 cm³/mol. The van der Waals surface area contributed by atoms with Gasteiger partial charge in [-0.2, -0.15) is 0 Å². The topological polar surface area (TPSA) is 38.1 Å². The van der Waals surface area contributed by atoms with E-state index in [0.717, 1.165) is 10.0 Å². The highest BCUT2D eigenvalue weighted by Crippen LogP contribution is 2.24. The number of thioether (sulfide) groups is 1. The minimum absolute atomic E-state index is 0.0841. The summed E-state index contributed by atoms with van der Waals surface area (Å²) in [5.74, 6) is 0.444. The highest BCUT2D eigenvalue weighted by molar-refractivity contribution is 8.01. The minimum Gasteiger partial charge on any atom is -0.340 e. The van der Waals surface area contributed by atoms with E-state index in [1.807, 2.05) is 54.9 Å². The summed E-state index contributed by atoms with van der Waals surface area (Å²) in [7, 11) is 1.83. The molecular formula is C16H15N3OS4. The van der Waals surface area contributed by atoms with Gasteiger partial charge in [-0.1, -0.05) is 47.4 Å². The first-order valence-electron chi connectivity index (χ1n) is 7.18. The summed E-state index contributed by atoms with van der Waals surface area (Å²) in [6, 6.07) is 13.8. The van der Waals surface area contributed by atoms with Crippen molar-refractivity contribution in [2.75, 3.05) is 12.8 Å². The lowest BCUT2D eigenvalue weighted by Gasteiger charge is -2.15. The molecule has 1 aromatic carbocycles. The van der Waals surface area contributed by atoms with Crippen molar-refractivity contribution >= 4 is 52.6 Å². The summed E-state index contributed by atoms with van der Waals surface area (Å²) >= 11 is 9.89. The fourth-order valence-electron chi connectivity index (χ4n) is 2.01. The first-order valence-corrected chi connectivity index (χ1v) is 10.3. The van der Waals surface area contributed by atoms with Crippen LogP contribution in [0.3, 0.4) is 0 Å². The van der Waals surface area contributed by atoms with Crippen molar-refractivity contribution in [3.63, 3.8) is 0 Å². The summed E-state index contributed by atoms with van der Waals surface area (Å²) in [5, 5.41) is 6.53. The van der Waals surface area contributed by atoms with Crippen LogP contribution >= 0.6 is 46.7 Å². The van der Waals surface area contributed by atoms with Gasteiger partial charge in [0.05, 0.1) is 18.0 Å². The van der Waals surface area contributed by atoms with Gasteiger partial charge in [-0.3, -0.25) is 4.79 Å². The van der Waals surface area contributed by atoms with E-state index in [9.17, 15) is 4.79 Å². The summed E-state index contributed by atoms with van der Waals surface area (Å²) in [6.07, 6.45) is 0. The first-order chi connectivity index (χ1) is 11.6. The molecule has 24 heavy (non-hydrogen) atoms. The van der Waals surface area contributed by atoms with E-state index in [4.69, 9.17) is 12.2 Å². The molecule has 0 atom stereocenters. The number of hydrogen-bond acceptors (Lipinski definition) is 6. The molecule has 0 aliphatic heterocycles.